The van der Waals surface area contributed by atoms with Crippen LogP contribution in [0.5, 0.6) is 11.5 Å². The first kappa shape index (κ1) is 32.9. The Morgan fingerprint density at radius 2 is 1.45 bits per heavy atom. The SMILES string of the molecule is COC(=O)c1ccc(Br)cc1OC.COc1cc(N2CCN(Cc3ccccc3-c3ccc(Cl)cc3)CC2)ccc1C(=O)O. The lowest BCUT2D eigenvalue weighted by Gasteiger charge is -2.36. The first-order valence-electron chi connectivity index (χ1n) is 13.9. The van der Waals surface area contributed by atoms with E-state index in [1.54, 1.807) is 24.3 Å². The van der Waals surface area contributed by atoms with Crippen molar-refractivity contribution in [2.45, 2.75) is 6.54 Å². The van der Waals surface area contributed by atoms with Gasteiger partial charge in [0.2, 0.25) is 0 Å². The van der Waals surface area contributed by atoms with Gasteiger partial charge in [-0.25, -0.2) is 9.59 Å². The molecule has 0 bridgehead atoms. The Labute approximate surface area is 270 Å². The summed E-state index contributed by atoms with van der Waals surface area (Å²) in [6.07, 6.45) is 0. The summed E-state index contributed by atoms with van der Waals surface area (Å²) in [5, 5.41) is 10.0. The van der Waals surface area contributed by atoms with Gasteiger partial charge in [0.1, 0.15) is 22.6 Å². The van der Waals surface area contributed by atoms with E-state index in [1.807, 2.05) is 24.3 Å². The number of carbonyl (C=O) groups excluding carboxylic acids is 1. The van der Waals surface area contributed by atoms with E-state index in [9.17, 15) is 14.7 Å². The highest BCUT2D eigenvalue weighted by molar-refractivity contribution is 9.10. The molecule has 1 N–H and O–H groups in total. The predicted molar refractivity (Wildman–Crippen MR) is 176 cm³/mol. The number of nitrogens with zero attached hydrogens (tertiary/aromatic N) is 2. The minimum atomic E-state index is -0.979. The van der Waals surface area contributed by atoms with Gasteiger partial charge in [0, 0.05) is 54.0 Å². The molecule has 1 aliphatic heterocycles. The normalized spacial score (nSPS) is 13.0. The molecule has 0 unspecified atom stereocenters. The van der Waals surface area contributed by atoms with Gasteiger partial charge in [-0.1, -0.05) is 63.9 Å². The number of methoxy groups -OCH3 is 3. The van der Waals surface area contributed by atoms with Crippen molar-refractivity contribution in [3.05, 3.63) is 111 Å². The minimum absolute atomic E-state index is 0.184. The number of carboxylic acids is 1. The van der Waals surface area contributed by atoms with Gasteiger partial charge < -0.3 is 24.2 Å². The zero-order valence-electron chi connectivity index (χ0n) is 24.8. The van der Waals surface area contributed by atoms with E-state index in [4.69, 9.17) is 21.1 Å². The molecular weight excluding hydrogens is 648 g/mol. The van der Waals surface area contributed by atoms with E-state index in [2.05, 4.69) is 66.9 Å². The summed E-state index contributed by atoms with van der Waals surface area (Å²) in [7, 11) is 4.35. The van der Waals surface area contributed by atoms with Crippen LogP contribution in [0.25, 0.3) is 11.1 Å². The molecule has 230 valence electrons. The Morgan fingerprint density at radius 1 is 0.818 bits per heavy atom. The van der Waals surface area contributed by atoms with Crippen molar-refractivity contribution >= 4 is 45.2 Å². The van der Waals surface area contributed by atoms with Crippen molar-refractivity contribution in [1.29, 1.82) is 0 Å². The number of benzene rings is 4. The third kappa shape index (κ3) is 8.31. The summed E-state index contributed by atoms with van der Waals surface area (Å²) in [5.74, 6) is -0.484. The van der Waals surface area contributed by atoms with Gasteiger partial charge in [-0.05, 0) is 59.2 Å². The zero-order chi connectivity index (χ0) is 31.6. The Balaban J connectivity index is 0.000000285. The van der Waals surface area contributed by atoms with E-state index >= 15 is 0 Å². The Morgan fingerprint density at radius 3 is 2.09 bits per heavy atom. The van der Waals surface area contributed by atoms with Crippen molar-refractivity contribution in [3.8, 4) is 22.6 Å². The fraction of sp³-hybridized carbons (Fsp3) is 0.235. The molecule has 8 nitrogen and oxygen atoms in total. The molecule has 0 spiro atoms. The number of halogens is 2. The highest BCUT2D eigenvalue weighted by Gasteiger charge is 2.20. The van der Waals surface area contributed by atoms with Gasteiger partial charge in [0.05, 0.1) is 21.3 Å². The highest BCUT2D eigenvalue weighted by atomic mass is 79.9. The fourth-order valence-corrected chi connectivity index (χ4v) is 5.44. The molecule has 5 rings (SSSR count). The zero-order valence-corrected chi connectivity index (χ0v) is 27.1. The maximum atomic E-state index is 11.3. The molecule has 0 aliphatic carbocycles. The summed E-state index contributed by atoms with van der Waals surface area (Å²) in [4.78, 5) is 27.2. The second kappa shape index (κ2) is 15.6. The first-order chi connectivity index (χ1) is 21.2. The second-order valence-electron chi connectivity index (χ2n) is 9.95. The average Bonchev–Trinajstić information content (AvgIpc) is 3.05. The average molecular weight is 682 g/mol. The first-order valence-corrected chi connectivity index (χ1v) is 15.1. The molecule has 1 saturated heterocycles. The molecule has 44 heavy (non-hydrogen) atoms. The van der Waals surface area contributed by atoms with Gasteiger partial charge in [-0.15, -0.1) is 0 Å². The smallest absolute Gasteiger partial charge is 0.341 e. The molecular formula is C34H34BrClN2O6. The third-order valence-electron chi connectivity index (χ3n) is 7.29. The molecule has 0 aromatic heterocycles. The van der Waals surface area contributed by atoms with E-state index in [-0.39, 0.29) is 5.56 Å². The topological polar surface area (TPSA) is 88.5 Å². The predicted octanol–water partition coefficient (Wildman–Crippen LogP) is 7.28. The van der Waals surface area contributed by atoms with Crippen LogP contribution in [0, 0.1) is 0 Å². The molecule has 10 heteroatoms. The van der Waals surface area contributed by atoms with Gasteiger partial charge >= 0.3 is 11.9 Å². The standard InChI is InChI=1S/C25H25ClN2O3.C9H9BrO3/c1-31-24-16-21(10-11-23(24)25(29)30)28-14-12-27(13-15-28)17-19-4-2-3-5-22(19)18-6-8-20(26)9-7-18;1-12-8-5-6(10)3-4-7(8)9(11)13-2/h2-11,16H,12-15,17H2,1H3,(H,29,30);3-5H,1-2H3. The number of hydrogen-bond acceptors (Lipinski definition) is 7. The summed E-state index contributed by atoms with van der Waals surface area (Å²) < 4.78 is 15.7. The molecule has 1 aliphatic rings. The van der Waals surface area contributed by atoms with Crippen LogP contribution in [0.1, 0.15) is 26.3 Å². The number of carbonyl (C=O) groups is 2. The number of rotatable bonds is 8. The van der Waals surface area contributed by atoms with Gasteiger partial charge in [-0.2, -0.15) is 0 Å². The van der Waals surface area contributed by atoms with Crippen LogP contribution >= 0.6 is 27.5 Å². The molecule has 0 saturated carbocycles. The second-order valence-corrected chi connectivity index (χ2v) is 11.3. The molecule has 1 fully saturated rings. The third-order valence-corrected chi connectivity index (χ3v) is 8.03. The molecule has 0 atom stereocenters. The van der Waals surface area contributed by atoms with E-state index in [0.29, 0.717) is 17.1 Å². The van der Waals surface area contributed by atoms with Gasteiger partial charge in [0.15, 0.2) is 0 Å². The molecule has 4 aromatic carbocycles. The Kier molecular flexibility index (Phi) is 11.7. The number of hydrogen-bond donors (Lipinski definition) is 1. The lowest BCUT2D eigenvalue weighted by molar-refractivity contribution is 0.0596. The summed E-state index contributed by atoms with van der Waals surface area (Å²) in [6.45, 7) is 4.49. The van der Waals surface area contributed by atoms with Gasteiger partial charge in [0.25, 0.3) is 0 Å². The maximum absolute atomic E-state index is 11.3. The number of esters is 1. The van der Waals surface area contributed by atoms with Crippen molar-refractivity contribution in [1.82, 2.24) is 4.90 Å². The van der Waals surface area contributed by atoms with Crippen molar-refractivity contribution in [3.63, 3.8) is 0 Å². The number of ether oxygens (including phenoxy) is 3. The van der Waals surface area contributed by atoms with E-state index in [1.165, 1.54) is 38.0 Å². The summed E-state index contributed by atoms with van der Waals surface area (Å²) in [5.41, 5.74) is 5.30. The maximum Gasteiger partial charge on any atom is 0.341 e. The number of carboxylic acid groups (broad SMARTS) is 1. The van der Waals surface area contributed by atoms with Crippen molar-refractivity contribution in [2.75, 3.05) is 52.4 Å². The molecule has 1 heterocycles. The van der Waals surface area contributed by atoms with E-state index in [0.717, 1.165) is 47.9 Å². The van der Waals surface area contributed by atoms with E-state index < -0.39 is 11.9 Å². The molecule has 0 radical (unpaired) electrons. The lowest BCUT2D eigenvalue weighted by atomic mass is 9.99. The quantitative estimate of drug-likeness (QED) is 0.194. The van der Waals surface area contributed by atoms with Crippen LogP contribution in [0.4, 0.5) is 5.69 Å². The van der Waals surface area contributed by atoms with Crippen molar-refractivity contribution in [2.24, 2.45) is 0 Å². The number of aromatic carboxylic acids is 1. The van der Waals surface area contributed by atoms with Gasteiger partial charge in [-0.3, -0.25) is 4.90 Å². The highest BCUT2D eigenvalue weighted by Crippen LogP contribution is 2.29. The Hall–Kier alpha value is -4.05. The molecule has 0 amide bonds. The summed E-state index contributed by atoms with van der Waals surface area (Å²) in [6, 6.07) is 26.9. The van der Waals surface area contributed by atoms with Crippen LogP contribution < -0.4 is 14.4 Å². The van der Waals surface area contributed by atoms with Crippen LogP contribution in [0.3, 0.4) is 0 Å². The minimum Gasteiger partial charge on any atom is -0.496 e. The number of piperazine rings is 1. The van der Waals surface area contributed by atoms with Crippen LogP contribution in [0.15, 0.2) is 89.4 Å². The number of anilines is 1. The monoisotopic (exact) mass is 680 g/mol. The Bertz CT molecular complexity index is 1590. The lowest BCUT2D eigenvalue weighted by Crippen LogP contribution is -2.46. The van der Waals surface area contributed by atoms with Crippen LogP contribution in [0.2, 0.25) is 5.02 Å². The fourth-order valence-electron chi connectivity index (χ4n) is 4.97. The largest absolute Gasteiger partial charge is 0.496 e. The van der Waals surface area contributed by atoms with Crippen LogP contribution in [-0.4, -0.2) is 69.5 Å². The molecule has 4 aromatic rings. The summed E-state index contributed by atoms with van der Waals surface area (Å²) >= 11 is 9.33. The van der Waals surface area contributed by atoms with Crippen molar-refractivity contribution < 1.29 is 28.9 Å². The van der Waals surface area contributed by atoms with Crippen LogP contribution in [-0.2, 0) is 11.3 Å².